The van der Waals surface area contributed by atoms with Gasteiger partial charge in [0.2, 0.25) is 0 Å². The average Bonchev–Trinajstić information content (AvgIpc) is 2.35. The Hall–Kier alpha value is -0.980. The van der Waals surface area contributed by atoms with Crippen molar-refractivity contribution in [3.05, 3.63) is 38.3 Å². The van der Waals surface area contributed by atoms with Crippen molar-refractivity contribution < 1.29 is 4.92 Å². The van der Waals surface area contributed by atoms with E-state index < -0.39 is 0 Å². The van der Waals surface area contributed by atoms with Crippen LogP contribution in [-0.4, -0.2) is 29.0 Å². The Labute approximate surface area is 127 Å². The predicted molar refractivity (Wildman–Crippen MR) is 82.4 cm³/mol. The second kappa shape index (κ2) is 5.79. The van der Waals surface area contributed by atoms with Crippen molar-refractivity contribution in [2.45, 2.75) is 32.9 Å². The van der Waals surface area contributed by atoms with Gasteiger partial charge < -0.3 is 5.73 Å². The third kappa shape index (κ3) is 3.37. The number of nitro groups is 1. The Morgan fingerprint density at radius 2 is 2.25 bits per heavy atom. The number of likely N-dealkylation sites (tertiary alicyclic amines) is 1. The van der Waals surface area contributed by atoms with Crippen molar-refractivity contribution in [1.29, 1.82) is 0 Å². The second-order valence-corrected chi connectivity index (χ2v) is 6.99. The molecular weight excluding hydrogens is 322 g/mol. The molecule has 0 radical (unpaired) electrons. The number of benzene rings is 1. The van der Waals surface area contributed by atoms with Crippen molar-refractivity contribution in [2.75, 3.05) is 13.1 Å². The topological polar surface area (TPSA) is 72.4 Å². The number of hydrogen-bond donors (Lipinski definition) is 1. The highest BCUT2D eigenvalue weighted by Crippen LogP contribution is 2.30. The summed E-state index contributed by atoms with van der Waals surface area (Å²) in [7, 11) is 0. The van der Waals surface area contributed by atoms with Gasteiger partial charge in [0.25, 0.3) is 5.69 Å². The van der Waals surface area contributed by atoms with E-state index >= 15 is 0 Å². The van der Waals surface area contributed by atoms with Crippen molar-refractivity contribution in [1.82, 2.24) is 4.90 Å². The summed E-state index contributed by atoms with van der Waals surface area (Å²) in [4.78, 5) is 12.9. The second-order valence-electron chi connectivity index (χ2n) is 6.14. The average molecular weight is 342 g/mol. The molecule has 1 aromatic rings. The van der Waals surface area contributed by atoms with Gasteiger partial charge in [-0.3, -0.25) is 15.0 Å². The van der Waals surface area contributed by atoms with Crippen LogP contribution < -0.4 is 5.73 Å². The van der Waals surface area contributed by atoms with Gasteiger partial charge in [0.15, 0.2) is 0 Å². The molecule has 2 N–H and O–H groups in total. The fourth-order valence-electron chi connectivity index (χ4n) is 2.67. The summed E-state index contributed by atoms with van der Waals surface area (Å²) in [6.07, 6.45) is 0.964. The molecule has 0 aromatic heterocycles. The molecule has 1 saturated heterocycles. The summed E-state index contributed by atoms with van der Waals surface area (Å²) in [6.45, 7) is 6.93. The molecule has 6 heteroatoms. The van der Waals surface area contributed by atoms with Crippen LogP contribution in [0.5, 0.6) is 0 Å². The number of rotatable bonds is 3. The van der Waals surface area contributed by atoms with E-state index in [1.807, 2.05) is 6.07 Å². The maximum absolute atomic E-state index is 11.0. The molecule has 5 nitrogen and oxygen atoms in total. The molecule has 0 spiro atoms. The zero-order valence-electron chi connectivity index (χ0n) is 11.8. The van der Waals surface area contributed by atoms with E-state index in [0.717, 1.165) is 31.6 Å². The van der Waals surface area contributed by atoms with Crippen molar-refractivity contribution in [3.8, 4) is 0 Å². The van der Waals surface area contributed by atoms with E-state index in [2.05, 4.69) is 34.7 Å². The van der Waals surface area contributed by atoms with E-state index in [-0.39, 0.29) is 22.1 Å². The number of piperidine rings is 1. The van der Waals surface area contributed by atoms with Gasteiger partial charge in [0.05, 0.1) is 9.40 Å². The van der Waals surface area contributed by atoms with Gasteiger partial charge in [-0.1, -0.05) is 19.9 Å². The highest BCUT2D eigenvalue weighted by Gasteiger charge is 2.33. The summed E-state index contributed by atoms with van der Waals surface area (Å²) < 4.78 is 0.521. The van der Waals surface area contributed by atoms with E-state index in [9.17, 15) is 10.1 Å². The van der Waals surface area contributed by atoms with Gasteiger partial charge in [-0.05, 0) is 39.4 Å². The lowest BCUT2D eigenvalue weighted by Crippen LogP contribution is -2.52. The lowest BCUT2D eigenvalue weighted by atomic mass is 9.79. The van der Waals surface area contributed by atoms with Gasteiger partial charge in [-0.2, -0.15) is 0 Å². The van der Waals surface area contributed by atoms with E-state index in [1.165, 1.54) is 0 Å². The standard InChI is InChI=1S/C14H20BrN3O2/c1-14(2)9-17(6-5-13(14)16)8-10-3-4-11(15)12(7-10)18(19)20/h3-4,7,13H,5-6,8-9,16H2,1-2H3. The Bertz CT molecular complexity index is 519. The Kier molecular flexibility index (Phi) is 4.46. The van der Waals surface area contributed by atoms with Crippen molar-refractivity contribution >= 4 is 21.6 Å². The maximum atomic E-state index is 11.0. The number of nitro benzene ring substituents is 1. The molecule has 0 amide bonds. The van der Waals surface area contributed by atoms with Crippen LogP contribution in [0, 0.1) is 15.5 Å². The minimum absolute atomic E-state index is 0.0829. The number of hydrogen-bond acceptors (Lipinski definition) is 4. The molecule has 1 aromatic carbocycles. The first kappa shape index (κ1) is 15.4. The van der Waals surface area contributed by atoms with Crippen LogP contribution in [0.2, 0.25) is 0 Å². The molecule has 2 rings (SSSR count). The van der Waals surface area contributed by atoms with Crippen LogP contribution in [0.3, 0.4) is 0 Å². The SMILES string of the molecule is CC1(C)CN(Cc2ccc(Br)c([N+](=O)[O-])c2)CCC1N. The molecule has 1 unspecified atom stereocenters. The van der Waals surface area contributed by atoms with Crippen molar-refractivity contribution in [3.63, 3.8) is 0 Å². The molecule has 0 aliphatic carbocycles. The minimum atomic E-state index is -0.358. The lowest BCUT2D eigenvalue weighted by Gasteiger charge is -2.42. The van der Waals surface area contributed by atoms with E-state index in [4.69, 9.17) is 5.73 Å². The molecule has 0 saturated carbocycles. The zero-order valence-corrected chi connectivity index (χ0v) is 13.4. The quantitative estimate of drug-likeness (QED) is 0.677. The molecule has 1 fully saturated rings. The fourth-order valence-corrected chi connectivity index (χ4v) is 3.07. The number of halogens is 1. The summed E-state index contributed by atoms with van der Waals surface area (Å²) in [5.41, 5.74) is 7.30. The fraction of sp³-hybridized carbons (Fsp3) is 0.571. The number of nitrogens with zero attached hydrogens (tertiary/aromatic N) is 2. The Morgan fingerprint density at radius 3 is 2.85 bits per heavy atom. The molecule has 0 bridgehead atoms. The zero-order chi connectivity index (χ0) is 14.9. The third-order valence-electron chi connectivity index (χ3n) is 4.00. The van der Waals surface area contributed by atoms with Crippen LogP contribution in [0.4, 0.5) is 5.69 Å². The van der Waals surface area contributed by atoms with Crippen LogP contribution in [-0.2, 0) is 6.54 Å². The van der Waals surface area contributed by atoms with Crippen LogP contribution in [0.25, 0.3) is 0 Å². The highest BCUT2D eigenvalue weighted by molar-refractivity contribution is 9.10. The maximum Gasteiger partial charge on any atom is 0.283 e. The van der Waals surface area contributed by atoms with E-state index in [0.29, 0.717) is 4.47 Å². The first-order valence-electron chi connectivity index (χ1n) is 6.70. The Morgan fingerprint density at radius 1 is 1.55 bits per heavy atom. The molecule has 1 atom stereocenters. The first-order chi connectivity index (χ1) is 9.29. The largest absolute Gasteiger partial charge is 0.327 e. The third-order valence-corrected chi connectivity index (χ3v) is 4.68. The van der Waals surface area contributed by atoms with Gasteiger partial charge >= 0.3 is 0 Å². The monoisotopic (exact) mass is 341 g/mol. The summed E-state index contributed by atoms with van der Waals surface area (Å²) >= 11 is 3.21. The highest BCUT2D eigenvalue weighted by atomic mass is 79.9. The van der Waals surface area contributed by atoms with Crippen LogP contribution in [0.15, 0.2) is 22.7 Å². The minimum Gasteiger partial charge on any atom is -0.327 e. The lowest BCUT2D eigenvalue weighted by molar-refractivity contribution is -0.385. The van der Waals surface area contributed by atoms with Gasteiger partial charge in [0, 0.05) is 31.7 Å². The smallest absolute Gasteiger partial charge is 0.283 e. The molecule has 1 aliphatic rings. The molecule has 20 heavy (non-hydrogen) atoms. The summed E-state index contributed by atoms with van der Waals surface area (Å²) in [6, 6.07) is 5.54. The number of nitrogens with two attached hydrogens (primary N) is 1. The van der Waals surface area contributed by atoms with Gasteiger partial charge in [-0.15, -0.1) is 0 Å². The predicted octanol–water partition coefficient (Wildman–Crippen LogP) is 2.92. The van der Waals surface area contributed by atoms with Crippen LogP contribution >= 0.6 is 15.9 Å². The Balaban J connectivity index is 2.11. The molecular formula is C14H20BrN3O2. The van der Waals surface area contributed by atoms with Gasteiger partial charge in [-0.25, -0.2) is 0 Å². The molecule has 1 aliphatic heterocycles. The van der Waals surface area contributed by atoms with E-state index in [1.54, 1.807) is 12.1 Å². The normalized spacial score (nSPS) is 22.7. The summed E-state index contributed by atoms with van der Waals surface area (Å²) in [5, 5.41) is 11.0. The first-order valence-corrected chi connectivity index (χ1v) is 7.49. The van der Waals surface area contributed by atoms with Crippen molar-refractivity contribution in [2.24, 2.45) is 11.1 Å². The van der Waals surface area contributed by atoms with Crippen LogP contribution in [0.1, 0.15) is 25.8 Å². The van der Waals surface area contributed by atoms with Gasteiger partial charge in [0.1, 0.15) is 0 Å². The summed E-state index contributed by atoms with van der Waals surface area (Å²) in [5.74, 6) is 0. The molecule has 1 heterocycles. The molecule has 110 valence electrons.